The molecule has 156 valence electrons. The van der Waals surface area contributed by atoms with Crippen LogP contribution < -0.4 is 4.72 Å². The minimum atomic E-state index is -3.99. The quantitative estimate of drug-likeness (QED) is 0.747. The van der Waals surface area contributed by atoms with E-state index in [1.165, 1.54) is 13.8 Å². The molecule has 0 amide bonds. The molecule has 8 heteroatoms. The highest BCUT2D eigenvalue weighted by molar-refractivity contribution is 7.89. The Labute approximate surface area is 169 Å². The molecule has 2 N–H and O–H groups in total. The van der Waals surface area contributed by atoms with Crippen molar-refractivity contribution in [1.82, 2.24) is 9.71 Å². The third kappa shape index (κ3) is 4.14. The van der Waals surface area contributed by atoms with E-state index < -0.39 is 27.6 Å². The number of pyridine rings is 1. The minimum Gasteiger partial charge on any atom is -0.481 e. The number of aromatic nitrogens is 1. The monoisotopic (exact) mass is 420 g/mol. The zero-order chi connectivity index (χ0) is 21.0. The molecule has 4 rings (SSSR count). The van der Waals surface area contributed by atoms with Crippen molar-refractivity contribution in [2.75, 3.05) is 6.54 Å². The summed E-state index contributed by atoms with van der Waals surface area (Å²) in [7, 11) is -3.99. The Balaban J connectivity index is 1.89. The predicted molar refractivity (Wildman–Crippen MR) is 107 cm³/mol. The van der Waals surface area contributed by atoms with Gasteiger partial charge in [0.15, 0.2) is 0 Å². The summed E-state index contributed by atoms with van der Waals surface area (Å²) >= 11 is 0. The summed E-state index contributed by atoms with van der Waals surface area (Å²) in [4.78, 5) is 16.1. The Morgan fingerprint density at radius 1 is 1.31 bits per heavy atom. The summed E-state index contributed by atoms with van der Waals surface area (Å²) in [6, 6.07) is 3.70. The van der Waals surface area contributed by atoms with Gasteiger partial charge in [-0.3, -0.25) is 9.78 Å². The first-order chi connectivity index (χ1) is 13.5. The molecule has 2 aliphatic carbocycles. The number of hydrogen-bond donors (Lipinski definition) is 2. The Kier molecular flexibility index (Phi) is 4.90. The molecule has 1 unspecified atom stereocenters. The lowest BCUT2D eigenvalue weighted by Gasteiger charge is -2.26. The predicted octanol–water partition coefficient (Wildman–Crippen LogP) is 3.33. The van der Waals surface area contributed by atoms with Gasteiger partial charge in [0.2, 0.25) is 10.0 Å². The molecule has 0 aliphatic heterocycles. The Bertz CT molecular complexity index is 1090. The topological polar surface area (TPSA) is 96.4 Å². The van der Waals surface area contributed by atoms with Gasteiger partial charge in [-0.1, -0.05) is 0 Å². The van der Waals surface area contributed by atoms with Gasteiger partial charge in [0.25, 0.3) is 0 Å². The van der Waals surface area contributed by atoms with E-state index in [4.69, 9.17) is 0 Å². The molecular formula is C21H25FN2O4S. The lowest BCUT2D eigenvalue weighted by atomic mass is 9.82. The Morgan fingerprint density at radius 3 is 2.66 bits per heavy atom. The van der Waals surface area contributed by atoms with E-state index in [9.17, 15) is 22.7 Å². The van der Waals surface area contributed by atoms with Crippen molar-refractivity contribution < 1.29 is 22.7 Å². The van der Waals surface area contributed by atoms with Crippen molar-refractivity contribution in [3.8, 4) is 0 Å². The van der Waals surface area contributed by atoms with Gasteiger partial charge < -0.3 is 5.11 Å². The average Bonchev–Trinajstić information content (AvgIpc) is 3.48. The van der Waals surface area contributed by atoms with Crippen LogP contribution in [0.25, 0.3) is 10.8 Å². The van der Waals surface area contributed by atoms with Crippen LogP contribution in [0.4, 0.5) is 4.39 Å². The number of carboxylic acid groups (broad SMARTS) is 1. The van der Waals surface area contributed by atoms with Crippen molar-refractivity contribution >= 4 is 26.8 Å². The number of hydrogen-bond acceptors (Lipinski definition) is 4. The number of rotatable bonds is 6. The van der Waals surface area contributed by atoms with Gasteiger partial charge in [-0.2, -0.15) is 0 Å². The fourth-order valence-corrected chi connectivity index (χ4v) is 5.68. The van der Waals surface area contributed by atoms with Gasteiger partial charge in [-0.05, 0) is 69.2 Å². The van der Waals surface area contributed by atoms with Crippen LogP contribution in [0.5, 0.6) is 0 Å². The second-order valence-electron chi connectivity index (χ2n) is 8.77. The molecule has 0 saturated heterocycles. The van der Waals surface area contributed by atoms with E-state index in [0.29, 0.717) is 35.1 Å². The summed E-state index contributed by atoms with van der Waals surface area (Å²) in [5.74, 6) is -1.05. The van der Waals surface area contributed by atoms with Gasteiger partial charge in [0, 0.05) is 35.1 Å². The number of nitrogens with zero attached hydrogens (tertiary/aromatic N) is 1. The number of alkyl halides is 1. The molecule has 0 bridgehead atoms. The molecule has 29 heavy (non-hydrogen) atoms. The van der Waals surface area contributed by atoms with Crippen molar-refractivity contribution in [3.63, 3.8) is 0 Å². The van der Waals surface area contributed by atoms with Crippen LogP contribution in [0.2, 0.25) is 0 Å². The van der Waals surface area contributed by atoms with Crippen LogP contribution in [0.3, 0.4) is 0 Å². The highest BCUT2D eigenvalue weighted by atomic mass is 32.2. The fourth-order valence-electron chi connectivity index (χ4n) is 3.98. The molecule has 2 aliphatic rings. The third-order valence-corrected chi connectivity index (χ3v) is 7.23. The van der Waals surface area contributed by atoms with Crippen LogP contribution >= 0.6 is 0 Å². The number of halogens is 1. The van der Waals surface area contributed by atoms with Crippen molar-refractivity contribution in [2.24, 2.45) is 5.92 Å². The maximum Gasteiger partial charge on any atom is 0.306 e. The Morgan fingerprint density at radius 2 is 2.03 bits per heavy atom. The number of benzene rings is 1. The average molecular weight is 421 g/mol. The van der Waals surface area contributed by atoms with Crippen LogP contribution in [-0.4, -0.2) is 36.7 Å². The molecule has 1 heterocycles. The van der Waals surface area contributed by atoms with Crippen molar-refractivity contribution in [3.05, 3.63) is 35.2 Å². The SMILES string of the molecule is CC(C)(F)CNS(=O)(=O)c1c2c(cc3cnc(C4CC4)cc13)CC(C(=O)O)CC2. The lowest BCUT2D eigenvalue weighted by Crippen LogP contribution is -2.36. The highest BCUT2D eigenvalue weighted by Gasteiger charge is 2.33. The molecular weight excluding hydrogens is 395 g/mol. The minimum absolute atomic E-state index is 0.155. The van der Waals surface area contributed by atoms with E-state index in [0.717, 1.165) is 24.1 Å². The first-order valence-corrected chi connectivity index (χ1v) is 11.4. The van der Waals surface area contributed by atoms with E-state index in [-0.39, 0.29) is 17.9 Å². The van der Waals surface area contributed by atoms with E-state index >= 15 is 0 Å². The van der Waals surface area contributed by atoms with E-state index in [1.807, 2.05) is 12.1 Å². The first-order valence-electron chi connectivity index (χ1n) is 9.91. The summed E-state index contributed by atoms with van der Waals surface area (Å²) in [6.07, 6.45) is 4.78. The summed E-state index contributed by atoms with van der Waals surface area (Å²) in [6.45, 7) is 2.31. The molecule has 0 radical (unpaired) electrons. The molecule has 1 fully saturated rings. The van der Waals surface area contributed by atoms with Crippen LogP contribution in [0.15, 0.2) is 23.2 Å². The number of fused-ring (bicyclic) bond motifs is 2. The normalized spacial score (nSPS) is 19.9. The number of carbonyl (C=O) groups is 1. The maximum absolute atomic E-state index is 14.0. The van der Waals surface area contributed by atoms with Gasteiger partial charge >= 0.3 is 5.97 Å². The highest BCUT2D eigenvalue weighted by Crippen LogP contribution is 2.42. The Hall–Kier alpha value is -2.06. The molecule has 1 saturated carbocycles. The summed E-state index contributed by atoms with van der Waals surface area (Å²) in [5.41, 5.74) is 0.551. The number of nitrogens with one attached hydrogen (secondary N) is 1. The third-order valence-electron chi connectivity index (χ3n) is 5.70. The van der Waals surface area contributed by atoms with Crippen LogP contribution in [-0.2, 0) is 27.7 Å². The zero-order valence-electron chi connectivity index (χ0n) is 16.5. The summed E-state index contributed by atoms with van der Waals surface area (Å²) in [5, 5.41) is 10.6. The molecule has 1 aromatic heterocycles. The van der Waals surface area contributed by atoms with Gasteiger partial charge in [0.05, 0.1) is 10.8 Å². The molecule has 1 atom stereocenters. The van der Waals surface area contributed by atoms with Crippen molar-refractivity contribution in [1.29, 1.82) is 0 Å². The largest absolute Gasteiger partial charge is 0.481 e. The smallest absolute Gasteiger partial charge is 0.306 e. The first kappa shape index (κ1) is 20.2. The fraction of sp³-hybridized carbons (Fsp3) is 0.524. The van der Waals surface area contributed by atoms with Gasteiger partial charge in [0.1, 0.15) is 5.67 Å². The molecule has 0 spiro atoms. The number of sulfonamides is 1. The lowest BCUT2D eigenvalue weighted by molar-refractivity contribution is -0.142. The molecule has 2 aromatic rings. The maximum atomic E-state index is 14.0. The van der Waals surface area contributed by atoms with E-state index in [2.05, 4.69) is 9.71 Å². The van der Waals surface area contributed by atoms with Gasteiger partial charge in [-0.25, -0.2) is 17.5 Å². The van der Waals surface area contributed by atoms with Gasteiger partial charge in [-0.15, -0.1) is 0 Å². The zero-order valence-corrected chi connectivity index (χ0v) is 17.4. The number of aliphatic carboxylic acids is 1. The number of carboxylic acids is 1. The van der Waals surface area contributed by atoms with Crippen LogP contribution in [0, 0.1) is 5.92 Å². The second kappa shape index (κ2) is 7.02. The molecule has 1 aromatic carbocycles. The second-order valence-corrected chi connectivity index (χ2v) is 10.5. The standard InChI is InChI=1S/C21H25FN2O4S/c1-21(2,22)11-24-29(27,28)19-16-6-5-13(20(25)26)7-14(16)8-15-10-23-18(9-17(15)19)12-3-4-12/h8-10,12-13,24H,3-7,11H2,1-2H3,(H,25,26). The van der Waals surface area contributed by atoms with Crippen LogP contribution in [0.1, 0.15) is 55.8 Å². The van der Waals surface area contributed by atoms with E-state index in [1.54, 1.807) is 6.20 Å². The molecule has 6 nitrogen and oxygen atoms in total. The van der Waals surface area contributed by atoms with Crippen molar-refractivity contribution in [2.45, 2.75) is 62.4 Å². The summed E-state index contributed by atoms with van der Waals surface area (Å²) < 4.78 is 42.9.